The topological polar surface area (TPSA) is 43.4 Å². The van der Waals surface area contributed by atoms with E-state index in [1.54, 1.807) is 7.11 Å². The van der Waals surface area contributed by atoms with Gasteiger partial charge in [-0.25, -0.2) is 0 Å². The molecule has 1 aromatic rings. The zero-order valence-electron chi connectivity index (χ0n) is 10.5. The smallest absolute Gasteiger partial charge is 0.216 e. The number of nitrogens with one attached hydrogen (secondary N) is 1. The molecule has 94 valence electrons. The summed E-state index contributed by atoms with van der Waals surface area (Å²) in [7, 11) is 3.61. The Morgan fingerprint density at radius 1 is 1.24 bits per heavy atom. The molecule has 0 aromatic carbocycles. The average Bonchev–Trinajstić information content (AvgIpc) is 2.39. The van der Waals surface area contributed by atoms with Crippen molar-refractivity contribution < 1.29 is 9.47 Å². The van der Waals surface area contributed by atoms with Crippen LogP contribution >= 0.6 is 0 Å². The van der Waals surface area contributed by atoms with Crippen LogP contribution in [0.1, 0.15) is 25.7 Å². The fourth-order valence-corrected chi connectivity index (χ4v) is 2.30. The zero-order chi connectivity index (χ0) is 12.1. The van der Waals surface area contributed by atoms with Gasteiger partial charge >= 0.3 is 0 Å². The highest BCUT2D eigenvalue weighted by Crippen LogP contribution is 2.23. The van der Waals surface area contributed by atoms with Crippen LogP contribution in [0.25, 0.3) is 0 Å². The third-order valence-electron chi connectivity index (χ3n) is 3.25. The van der Waals surface area contributed by atoms with Crippen molar-refractivity contribution in [1.82, 2.24) is 10.3 Å². The summed E-state index contributed by atoms with van der Waals surface area (Å²) in [4.78, 5) is 4.28. The summed E-state index contributed by atoms with van der Waals surface area (Å²) in [5.74, 6) is 1.25. The predicted octanol–water partition coefficient (Wildman–Crippen LogP) is 2.00. The Hall–Kier alpha value is -1.29. The number of aromatic nitrogens is 1. The average molecular weight is 236 g/mol. The quantitative estimate of drug-likeness (QED) is 0.868. The van der Waals surface area contributed by atoms with Gasteiger partial charge < -0.3 is 14.8 Å². The summed E-state index contributed by atoms with van der Waals surface area (Å²) >= 11 is 0. The van der Waals surface area contributed by atoms with Gasteiger partial charge in [0.25, 0.3) is 0 Å². The molecule has 0 aliphatic heterocycles. The van der Waals surface area contributed by atoms with Gasteiger partial charge in [-0.3, -0.25) is 0 Å². The Balaban J connectivity index is 2.02. The molecule has 1 saturated carbocycles. The lowest BCUT2D eigenvalue weighted by Crippen LogP contribution is -2.43. The molecule has 0 saturated heterocycles. The van der Waals surface area contributed by atoms with Crippen molar-refractivity contribution >= 4 is 0 Å². The Morgan fingerprint density at radius 3 is 2.76 bits per heavy atom. The molecular weight excluding hydrogens is 216 g/mol. The van der Waals surface area contributed by atoms with Gasteiger partial charge in [-0.2, -0.15) is 4.98 Å². The lowest BCUT2D eigenvalue weighted by Gasteiger charge is -2.31. The van der Waals surface area contributed by atoms with E-state index in [-0.39, 0.29) is 6.10 Å². The Morgan fingerprint density at radius 2 is 2.00 bits per heavy atom. The van der Waals surface area contributed by atoms with Crippen LogP contribution in [0.15, 0.2) is 18.2 Å². The molecule has 2 rings (SSSR count). The maximum Gasteiger partial charge on any atom is 0.216 e. The number of rotatable bonds is 4. The number of ether oxygens (including phenoxy) is 2. The molecule has 17 heavy (non-hydrogen) atoms. The first-order chi connectivity index (χ1) is 8.33. The second-order valence-electron chi connectivity index (χ2n) is 4.35. The molecule has 4 heteroatoms. The molecule has 1 aliphatic carbocycles. The zero-order valence-corrected chi connectivity index (χ0v) is 10.5. The second kappa shape index (κ2) is 5.87. The molecule has 0 radical (unpaired) electrons. The van der Waals surface area contributed by atoms with E-state index >= 15 is 0 Å². The molecule has 1 heterocycles. The molecule has 1 N–H and O–H groups in total. The van der Waals surface area contributed by atoms with Gasteiger partial charge in [0.2, 0.25) is 11.8 Å². The maximum atomic E-state index is 5.95. The van der Waals surface area contributed by atoms with Crippen molar-refractivity contribution in [2.75, 3.05) is 14.2 Å². The normalized spacial score (nSPS) is 24.4. The molecule has 0 bridgehead atoms. The summed E-state index contributed by atoms with van der Waals surface area (Å²) in [5.41, 5.74) is 0. The van der Waals surface area contributed by atoms with Gasteiger partial charge in [-0.05, 0) is 26.3 Å². The maximum absolute atomic E-state index is 5.95. The number of pyridine rings is 1. The van der Waals surface area contributed by atoms with Gasteiger partial charge in [0, 0.05) is 18.2 Å². The van der Waals surface area contributed by atoms with Crippen LogP contribution in [0.3, 0.4) is 0 Å². The van der Waals surface area contributed by atoms with Crippen LogP contribution < -0.4 is 14.8 Å². The van der Waals surface area contributed by atoms with E-state index in [4.69, 9.17) is 9.47 Å². The van der Waals surface area contributed by atoms with E-state index in [1.807, 2.05) is 25.2 Å². The summed E-state index contributed by atoms with van der Waals surface area (Å²) in [6, 6.07) is 6.03. The molecule has 0 spiro atoms. The molecule has 1 aromatic heterocycles. The fourth-order valence-electron chi connectivity index (χ4n) is 2.30. The van der Waals surface area contributed by atoms with E-state index in [2.05, 4.69) is 10.3 Å². The van der Waals surface area contributed by atoms with Crippen molar-refractivity contribution in [2.24, 2.45) is 0 Å². The minimum Gasteiger partial charge on any atom is -0.481 e. The fraction of sp³-hybridized carbons (Fsp3) is 0.615. The minimum absolute atomic E-state index is 0.216. The van der Waals surface area contributed by atoms with Crippen LogP contribution in [-0.4, -0.2) is 31.3 Å². The van der Waals surface area contributed by atoms with Gasteiger partial charge in [0.1, 0.15) is 6.10 Å². The highest BCUT2D eigenvalue weighted by Gasteiger charge is 2.25. The van der Waals surface area contributed by atoms with Gasteiger partial charge in [0.15, 0.2) is 0 Å². The summed E-state index contributed by atoms with van der Waals surface area (Å²) in [6.07, 6.45) is 4.98. The Bertz CT molecular complexity index is 357. The van der Waals surface area contributed by atoms with E-state index in [9.17, 15) is 0 Å². The Labute approximate surface area is 102 Å². The largest absolute Gasteiger partial charge is 0.481 e. The van der Waals surface area contributed by atoms with E-state index in [0.29, 0.717) is 17.8 Å². The highest BCUT2D eigenvalue weighted by atomic mass is 16.5. The second-order valence-corrected chi connectivity index (χ2v) is 4.35. The summed E-state index contributed by atoms with van der Waals surface area (Å²) in [6.45, 7) is 0. The predicted molar refractivity (Wildman–Crippen MR) is 66.5 cm³/mol. The highest BCUT2D eigenvalue weighted by molar-refractivity contribution is 5.20. The number of nitrogens with zero attached hydrogens (tertiary/aromatic N) is 1. The van der Waals surface area contributed by atoms with Crippen molar-refractivity contribution in [3.05, 3.63) is 18.2 Å². The molecule has 1 aliphatic rings. The van der Waals surface area contributed by atoms with Crippen molar-refractivity contribution in [2.45, 2.75) is 37.8 Å². The summed E-state index contributed by atoms with van der Waals surface area (Å²) in [5, 5.41) is 3.32. The third-order valence-corrected chi connectivity index (χ3v) is 3.25. The van der Waals surface area contributed by atoms with Crippen molar-refractivity contribution in [3.63, 3.8) is 0 Å². The van der Waals surface area contributed by atoms with E-state index in [0.717, 1.165) is 6.42 Å². The number of methoxy groups -OCH3 is 1. The van der Waals surface area contributed by atoms with E-state index in [1.165, 1.54) is 19.3 Å². The molecule has 0 amide bonds. The Kier molecular flexibility index (Phi) is 4.20. The molecule has 2 atom stereocenters. The third kappa shape index (κ3) is 3.09. The first-order valence-corrected chi connectivity index (χ1v) is 6.18. The van der Waals surface area contributed by atoms with Crippen molar-refractivity contribution in [1.29, 1.82) is 0 Å². The standard InChI is InChI=1S/C13H20N2O2/c1-14-10-6-3-4-7-11(10)17-13-9-5-8-12(15-13)16-2/h5,8-11,14H,3-4,6-7H2,1-2H3. The van der Waals surface area contributed by atoms with Crippen molar-refractivity contribution in [3.8, 4) is 11.8 Å². The molecule has 2 unspecified atom stereocenters. The van der Waals surface area contributed by atoms with Gasteiger partial charge in [0.05, 0.1) is 7.11 Å². The summed E-state index contributed by atoms with van der Waals surface area (Å²) < 4.78 is 11.0. The SMILES string of the molecule is CNC1CCCCC1Oc1cccc(OC)n1. The first-order valence-electron chi connectivity index (χ1n) is 6.18. The first kappa shape index (κ1) is 12.2. The molecule has 1 fully saturated rings. The monoisotopic (exact) mass is 236 g/mol. The van der Waals surface area contributed by atoms with E-state index < -0.39 is 0 Å². The van der Waals surface area contributed by atoms with Crippen LogP contribution in [0, 0.1) is 0 Å². The van der Waals surface area contributed by atoms with Gasteiger partial charge in [-0.15, -0.1) is 0 Å². The van der Waals surface area contributed by atoms with Crippen LogP contribution in [0.4, 0.5) is 0 Å². The number of hydrogen-bond donors (Lipinski definition) is 1. The molecule has 4 nitrogen and oxygen atoms in total. The van der Waals surface area contributed by atoms with Crippen LogP contribution in [0.5, 0.6) is 11.8 Å². The molecular formula is C13H20N2O2. The number of likely N-dealkylation sites (N-methyl/N-ethyl adjacent to an activating group) is 1. The lowest BCUT2D eigenvalue weighted by molar-refractivity contribution is 0.112. The minimum atomic E-state index is 0.216. The number of hydrogen-bond acceptors (Lipinski definition) is 4. The van der Waals surface area contributed by atoms with Gasteiger partial charge in [-0.1, -0.05) is 12.5 Å². The van der Waals surface area contributed by atoms with Crippen LogP contribution in [-0.2, 0) is 0 Å². The van der Waals surface area contributed by atoms with Crippen LogP contribution in [0.2, 0.25) is 0 Å². The lowest BCUT2D eigenvalue weighted by atomic mass is 9.92.